The Bertz CT molecular complexity index is 482. The van der Waals surface area contributed by atoms with Gasteiger partial charge in [-0.1, -0.05) is 24.3 Å². The van der Waals surface area contributed by atoms with E-state index in [2.05, 4.69) is 29.2 Å². The van der Waals surface area contributed by atoms with Gasteiger partial charge in [0.2, 0.25) is 5.91 Å². The SMILES string of the molecule is CCOCC(=O)N(C1CC1)[C@@H]1CCCc2ccccc21. The summed E-state index contributed by atoms with van der Waals surface area (Å²) in [4.78, 5) is 14.6. The van der Waals surface area contributed by atoms with Crippen LogP contribution in [0.25, 0.3) is 0 Å². The summed E-state index contributed by atoms with van der Waals surface area (Å²) in [6, 6.07) is 9.31. The first-order valence-corrected chi connectivity index (χ1v) is 7.78. The molecule has 3 nitrogen and oxygen atoms in total. The molecule has 0 saturated heterocycles. The monoisotopic (exact) mass is 273 g/mol. The van der Waals surface area contributed by atoms with E-state index in [1.165, 1.54) is 17.5 Å². The summed E-state index contributed by atoms with van der Waals surface area (Å²) < 4.78 is 5.34. The third-order valence-corrected chi connectivity index (χ3v) is 4.33. The maximum absolute atomic E-state index is 12.5. The van der Waals surface area contributed by atoms with Gasteiger partial charge < -0.3 is 9.64 Å². The van der Waals surface area contributed by atoms with Crippen molar-refractivity contribution in [2.24, 2.45) is 0 Å². The van der Waals surface area contributed by atoms with Crippen molar-refractivity contribution in [3.63, 3.8) is 0 Å². The average Bonchev–Trinajstić information content (AvgIpc) is 3.30. The highest BCUT2D eigenvalue weighted by Crippen LogP contribution is 2.40. The van der Waals surface area contributed by atoms with Crippen LogP contribution in [0.1, 0.15) is 49.8 Å². The van der Waals surface area contributed by atoms with Gasteiger partial charge in [0.15, 0.2) is 0 Å². The summed E-state index contributed by atoms with van der Waals surface area (Å²) in [7, 11) is 0. The van der Waals surface area contributed by atoms with Crippen molar-refractivity contribution in [2.75, 3.05) is 13.2 Å². The van der Waals surface area contributed by atoms with Gasteiger partial charge in [-0.05, 0) is 50.2 Å². The Morgan fingerprint density at radius 2 is 2.10 bits per heavy atom. The highest BCUT2D eigenvalue weighted by atomic mass is 16.5. The zero-order valence-corrected chi connectivity index (χ0v) is 12.2. The van der Waals surface area contributed by atoms with E-state index >= 15 is 0 Å². The molecule has 0 heterocycles. The third-order valence-electron chi connectivity index (χ3n) is 4.33. The fourth-order valence-electron chi connectivity index (χ4n) is 3.27. The van der Waals surface area contributed by atoms with E-state index in [1.807, 2.05) is 6.92 Å². The fourth-order valence-corrected chi connectivity index (χ4v) is 3.27. The van der Waals surface area contributed by atoms with Crippen LogP contribution in [0.5, 0.6) is 0 Å². The number of nitrogens with zero attached hydrogens (tertiary/aromatic N) is 1. The van der Waals surface area contributed by atoms with Crippen LogP contribution in [0.2, 0.25) is 0 Å². The van der Waals surface area contributed by atoms with Gasteiger partial charge in [-0.2, -0.15) is 0 Å². The Labute approximate surface area is 120 Å². The minimum atomic E-state index is 0.163. The molecule has 1 aromatic carbocycles. The highest BCUT2D eigenvalue weighted by Gasteiger charge is 2.39. The molecular weight excluding hydrogens is 250 g/mol. The molecule has 0 spiro atoms. The molecule has 3 rings (SSSR count). The molecule has 2 aliphatic rings. The summed E-state index contributed by atoms with van der Waals surface area (Å²) in [5.74, 6) is 0.163. The Hall–Kier alpha value is -1.35. The second-order valence-corrected chi connectivity index (χ2v) is 5.78. The predicted molar refractivity (Wildman–Crippen MR) is 78.5 cm³/mol. The molecular formula is C17H23NO2. The lowest BCUT2D eigenvalue weighted by Crippen LogP contribution is -2.40. The van der Waals surface area contributed by atoms with Crippen LogP contribution in [0.15, 0.2) is 24.3 Å². The quantitative estimate of drug-likeness (QED) is 0.825. The van der Waals surface area contributed by atoms with Gasteiger partial charge in [-0.15, -0.1) is 0 Å². The van der Waals surface area contributed by atoms with Crippen LogP contribution in [-0.2, 0) is 16.0 Å². The lowest BCUT2D eigenvalue weighted by atomic mass is 9.86. The topological polar surface area (TPSA) is 29.5 Å². The minimum absolute atomic E-state index is 0.163. The van der Waals surface area contributed by atoms with Gasteiger partial charge in [-0.25, -0.2) is 0 Å². The summed E-state index contributed by atoms with van der Waals surface area (Å²) in [5.41, 5.74) is 2.77. The first kappa shape index (κ1) is 13.6. The molecule has 1 amide bonds. The molecule has 1 atom stereocenters. The Balaban J connectivity index is 1.83. The second kappa shape index (κ2) is 5.96. The minimum Gasteiger partial charge on any atom is -0.372 e. The summed E-state index contributed by atoms with van der Waals surface area (Å²) in [5, 5.41) is 0. The molecule has 0 radical (unpaired) electrons. The van der Waals surface area contributed by atoms with Gasteiger partial charge in [0.1, 0.15) is 6.61 Å². The number of fused-ring (bicyclic) bond motifs is 1. The lowest BCUT2D eigenvalue weighted by molar-refractivity contribution is -0.139. The maximum atomic E-state index is 12.5. The number of aryl methyl sites for hydroxylation is 1. The van der Waals surface area contributed by atoms with E-state index in [9.17, 15) is 4.79 Å². The number of benzene rings is 1. The maximum Gasteiger partial charge on any atom is 0.249 e. The number of carbonyl (C=O) groups is 1. The Kier molecular flexibility index (Phi) is 4.06. The van der Waals surface area contributed by atoms with Crippen molar-refractivity contribution < 1.29 is 9.53 Å². The summed E-state index contributed by atoms with van der Waals surface area (Å²) in [6.45, 7) is 2.77. The third kappa shape index (κ3) is 2.73. The standard InChI is InChI=1S/C17H23NO2/c1-2-20-12-17(19)18(14-10-11-14)16-9-5-7-13-6-3-4-8-15(13)16/h3-4,6,8,14,16H,2,5,7,9-12H2,1H3/t16-/m1/s1. The van der Waals surface area contributed by atoms with Crippen LogP contribution < -0.4 is 0 Å². The molecule has 3 heteroatoms. The molecule has 0 aromatic heterocycles. The predicted octanol–water partition coefficient (Wildman–Crippen LogP) is 3.09. The first-order chi connectivity index (χ1) is 9.81. The molecule has 1 fully saturated rings. The van der Waals surface area contributed by atoms with Crippen LogP contribution >= 0.6 is 0 Å². The molecule has 0 unspecified atom stereocenters. The van der Waals surface area contributed by atoms with Crippen LogP contribution in [0.3, 0.4) is 0 Å². The zero-order chi connectivity index (χ0) is 13.9. The van der Waals surface area contributed by atoms with Crippen molar-refractivity contribution in [3.05, 3.63) is 35.4 Å². The molecule has 20 heavy (non-hydrogen) atoms. The zero-order valence-electron chi connectivity index (χ0n) is 12.2. The lowest BCUT2D eigenvalue weighted by Gasteiger charge is -2.36. The normalized spacial score (nSPS) is 21.4. The molecule has 0 bridgehead atoms. The van der Waals surface area contributed by atoms with E-state index in [1.54, 1.807) is 0 Å². The van der Waals surface area contributed by atoms with E-state index in [0.29, 0.717) is 12.6 Å². The van der Waals surface area contributed by atoms with Gasteiger partial charge in [0.25, 0.3) is 0 Å². The molecule has 1 aromatic rings. The fraction of sp³-hybridized carbons (Fsp3) is 0.588. The number of ether oxygens (including phenoxy) is 1. The van der Waals surface area contributed by atoms with Gasteiger partial charge in [0, 0.05) is 12.6 Å². The van der Waals surface area contributed by atoms with Gasteiger partial charge >= 0.3 is 0 Å². The van der Waals surface area contributed by atoms with Crippen molar-refractivity contribution in [3.8, 4) is 0 Å². The van der Waals surface area contributed by atoms with Crippen LogP contribution in [-0.4, -0.2) is 30.1 Å². The van der Waals surface area contributed by atoms with Gasteiger partial charge in [0.05, 0.1) is 6.04 Å². The molecule has 2 aliphatic carbocycles. The second-order valence-electron chi connectivity index (χ2n) is 5.78. The first-order valence-electron chi connectivity index (χ1n) is 7.78. The molecule has 1 saturated carbocycles. The largest absolute Gasteiger partial charge is 0.372 e. The number of hydrogen-bond donors (Lipinski definition) is 0. The molecule has 108 valence electrons. The number of carbonyl (C=O) groups excluding carboxylic acids is 1. The summed E-state index contributed by atoms with van der Waals surface area (Å²) in [6.07, 6.45) is 5.70. The van der Waals surface area contributed by atoms with E-state index in [-0.39, 0.29) is 18.6 Å². The van der Waals surface area contributed by atoms with Crippen molar-refractivity contribution in [1.82, 2.24) is 4.90 Å². The van der Waals surface area contributed by atoms with Crippen molar-refractivity contribution in [2.45, 2.75) is 51.1 Å². The molecule has 0 N–H and O–H groups in total. The van der Waals surface area contributed by atoms with Crippen molar-refractivity contribution >= 4 is 5.91 Å². The number of amides is 1. The average molecular weight is 273 g/mol. The number of rotatable bonds is 5. The van der Waals surface area contributed by atoms with Crippen molar-refractivity contribution in [1.29, 1.82) is 0 Å². The molecule has 0 aliphatic heterocycles. The van der Waals surface area contributed by atoms with E-state index in [0.717, 1.165) is 25.7 Å². The van der Waals surface area contributed by atoms with Gasteiger partial charge in [-0.3, -0.25) is 4.79 Å². The van der Waals surface area contributed by atoms with Crippen LogP contribution in [0, 0.1) is 0 Å². The number of hydrogen-bond acceptors (Lipinski definition) is 2. The highest BCUT2D eigenvalue weighted by molar-refractivity contribution is 5.78. The van der Waals surface area contributed by atoms with E-state index in [4.69, 9.17) is 4.74 Å². The Morgan fingerprint density at radius 3 is 2.85 bits per heavy atom. The van der Waals surface area contributed by atoms with E-state index < -0.39 is 0 Å². The summed E-state index contributed by atoms with van der Waals surface area (Å²) >= 11 is 0. The van der Waals surface area contributed by atoms with Crippen LogP contribution in [0.4, 0.5) is 0 Å². The smallest absolute Gasteiger partial charge is 0.249 e. The Morgan fingerprint density at radius 1 is 1.30 bits per heavy atom.